The van der Waals surface area contributed by atoms with Gasteiger partial charge >= 0.3 is 6.18 Å². The number of rotatable bonds is 5. The normalized spacial score (nSPS) is 11.7. The van der Waals surface area contributed by atoms with Crippen LogP contribution in [0.4, 0.5) is 13.2 Å². The van der Waals surface area contributed by atoms with Gasteiger partial charge in [0.1, 0.15) is 0 Å². The summed E-state index contributed by atoms with van der Waals surface area (Å²) in [5.41, 5.74) is 0.901. The fourth-order valence-corrected chi connectivity index (χ4v) is 3.56. The molecule has 3 aromatic rings. The van der Waals surface area contributed by atoms with Crippen molar-refractivity contribution >= 4 is 27.5 Å². The van der Waals surface area contributed by atoms with Crippen LogP contribution >= 0.6 is 11.3 Å². The summed E-state index contributed by atoms with van der Waals surface area (Å²) in [6.45, 7) is 0.275. The molecule has 0 saturated heterocycles. The summed E-state index contributed by atoms with van der Waals surface area (Å²) in [6, 6.07) is 12.7. The molecule has 0 saturated carbocycles. The standard InChI is InChI=1S/C19H17F3N2OS/c1-24(12-13-6-8-14(9-7-13)19(20,21)22)18(25)11-10-17-23-15-4-2-3-5-16(15)26-17/h2-9H,10-12H2,1H3. The third-order valence-corrected chi connectivity index (χ3v) is 5.11. The van der Waals surface area contributed by atoms with Crippen molar-refractivity contribution in [1.29, 1.82) is 0 Å². The lowest BCUT2D eigenvalue weighted by molar-refractivity contribution is -0.137. The summed E-state index contributed by atoms with van der Waals surface area (Å²) in [4.78, 5) is 18.3. The number of carbonyl (C=O) groups is 1. The first kappa shape index (κ1) is 18.4. The molecule has 7 heteroatoms. The third-order valence-electron chi connectivity index (χ3n) is 4.02. The number of carbonyl (C=O) groups excluding carboxylic acids is 1. The number of alkyl halides is 3. The van der Waals surface area contributed by atoms with Crippen molar-refractivity contribution in [2.75, 3.05) is 7.05 Å². The van der Waals surface area contributed by atoms with Gasteiger partial charge in [-0.15, -0.1) is 11.3 Å². The van der Waals surface area contributed by atoms with Gasteiger partial charge in [-0.2, -0.15) is 13.2 Å². The van der Waals surface area contributed by atoms with Crippen LogP contribution in [-0.4, -0.2) is 22.8 Å². The van der Waals surface area contributed by atoms with E-state index in [1.54, 1.807) is 18.4 Å². The number of hydrogen-bond donors (Lipinski definition) is 0. The predicted molar refractivity (Wildman–Crippen MR) is 95.9 cm³/mol. The number of hydrogen-bond acceptors (Lipinski definition) is 3. The fourth-order valence-electron chi connectivity index (χ4n) is 2.59. The van der Waals surface area contributed by atoms with Gasteiger partial charge in [0.05, 0.1) is 20.8 Å². The Kier molecular flexibility index (Phi) is 5.27. The minimum Gasteiger partial charge on any atom is -0.341 e. The SMILES string of the molecule is CN(Cc1ccc(C(F)(F)F)cc1)C(=O)CCc1nc2ccccc2s1. The molecule has 0 aliphatic carbocycles. The Balaban J connectivity index is 1.55. The highest BCUT2D eigenvalue weighted by molar-refractivity contribution is 7.18. The quantitative estimate of drug-likeness (QED) is 0.632. The van der Waals surface area contributed by atoms with Crippen molar-refractivity contribution in [3.63, 3.8) is 0 Å². The van der Waals surface area contributed by atoms with Crippen LogP contribution in [0.2, 0.25) is 0 Å². The smallest absolute Gasteiger partial charge is 0.341 e. The molecule has 0 aliphatic heterocycles. The van der Waals surface area contributed by atoms with Crippen LogP contribution in [0, 0.1) is 0 Å². The van der Waals surface area contributed by atoms with E-state index >= 15 is 0 Å². The summed E-state index contributed by atoms with van der Waals surface area (Å²) in [6.07, 6.45) is -3.48. The first-order valence-electron chi connectivity index (χ1n) is 8.07. The highest BCUT2D eigenvalue weighted by atomic mass is 32.1. The molecule has 3 nitrogen and oxygen atoms in total. The van der Waals surface area contributed by atoms with Crippen LogP contribution in [0.1, 0.15) is 22.6 Å². The third kappa shape index (κ3) is 4.40. The molecule has 0 unspecified atom stereocenters. The average molecular weight is 378 g/mol. The van der Waals surface area contributed by atoms with Gasteiger partial charge in [-0.3, -0.25) is 4.79 Å². The molecule has 136 valence electrons. The second kappa shape index (κ2) is 7.45. The molecule has 0 bridgehead atoms. The molecule has 0 aliphatic rings. The number of thiazole rings is 1. The van der Waals surface area contributed by atoms with Crippen LogP contribution in [0.15, 0.2) is 48.5 Å². The zero-order valence-electron chi connectivity index (χ0n) is 14.1. The van der Waals surface area contributed by atoms with E-state index in [9.17, 15) is 18.0 Å². The second-order valence-corrected chi connectivity index (χ2v) is 7.14. The fraction of sp³-hybridized carbons (Fsp3) is 0.263. The lowest BCUT2D eigenvalue weighted by Gasteiger charge is -2.17. The largest absolute Gasteiger partial charge is 0.416 e. The van der Waals surface area contributed by atoms with Crippen LogP contribution in [0.3, 0.4) is 0 Å². The number of benzene rings is 2. The van der Waals surface area contributed by atoms with Crippen molar-refractivity contribution in [3.05, 3.63) is 64.7 Å². The maximum atomic E-state index is 12.6. The molecule has 1 aromatic heterocycles. The molecule has 0 spiro atoms. The molecule has 0 radical (unpaired) electrons. The highest BCUT2D eigenvalue weighted by Gasteiger charge is 2.29. The monoisotopic (exact) mass is 378 g/mol. The van der Waals surface area contributed by atoms with E-state index in [0.717, 1.165) is 27.4 Å². The van der Waals surface area contributed by atoms with Crippen molar-refractivity contribution in [2.24, 2.45) is 0 Å². The number of para-hydroxylation sites is 1. The Hall–Kier alpha value is -2.41. The van der Waals surface area contributed by atoms with Crippen LogP contribution < -0.4 is 0 Å². The average Bonchev–Trinajstić information content (AvgIpc) is 3.02. The summed E-state index contributed by atoms with van der Waals surface area (Å²) < 4.78 is 38.8. The van der Waals surface area contributed by atoms with E-state index in [4.69, 9.17) is 0 Å². The molecular weight excluding hydrogens is 361 g/mol. The van der Waals surface area contributed by atoms with E-state index in [1.165, 1.54) is 17.0 Å². The van der Waals surface area contributed by atoms with Gasteiger partial charge in [0.15, 0.2) is 0 Å². The molecule has 1 amide bonds. The van der Waals surface area contributed by atoms with Gasteiger partial charge in [-0.25, -0.2) is 4.98 Å². The van der Waals surface area contributed by atoms with Gasteiger partial charge in [-0.05, 0) is 29.8 Å². The Morgan fingerprint density at radius 1 is 1.12 bits per heavy atom. The molecule has 0 fully saturated rings. The van der Waals surface area contributed by atoms with Crippen molar-refractivity contribution < 1.29 is 18.0 Å². The van der Waals surface area contributed by atoms with E-state index in [-0.39, 0.29) is 12.5 Å². The Bertz CT molecular complexity index is 870. The zero-order valence-corrected chi connectivity index (χ0v) is 14.9. The first-order valence-corrected chi connectivity index (χ1v) is 8.89. The van der Waals surface area contributed by atoms with Gasteiger partial charge in [-0.1, -0.05) is 24.3 Å². The van der Waals surface area contributed by atoms with Gasteiger partial charge < -0.3 is 4.90 Å². The van der Waals surface area contributed by atoms with Crippen LogP contribution in [0.25, 0.3) is 10.2 Å². The minimum absolute atomic E-state index is 0.0656. The summed E-state index contributed by atoms with van der Waals surface area (Å²) in [5, 5.41) is 0.905. The topological polar surface area (TPSA) is 33.2 Å². The Morgan fingerprint density at radius 3 is 2.46 bits per heavy atom. The Morgan fingerprint density at radius 2 is 1.81 bits per heavy atom. The lowest BCUT2D eigenvalue weighted by Crippen LogP contribution is -2.26. The molecule has 0 atom stereocenters. The van der Waals surface area contributed by atoms with Crippen molar-refractivity contribution in [1.82, 2.24) is 9.88 Å². The van der Waals surface area contributed by atoms with E-state index < -0.39 is 11.7 Å². The first-order chi connectivity index (χ1) is 12.3. The minimum atomic E-state index is -4.35. The van der Waals surface area contributed by atoms with Crippen LogP contribution in [-0.2, 0) is 23.9 Å². The maximum absolute atomic E-state index is 12.6. The molecular formula is C19H17F3N2OS. The van der Waals surface area contributed by atoms with Gasteiger partial charge in [0, 0.05) is 26.4 Å². The van der Waals surface area contributed by atoms with Gasteiger partial charge in [0.25, 0.3) is 0 Å². The highest BCUT2D eigenvalue weighted by Crippen LogP contribution is 2.29. The molecule has 26 heavy (non-hydrogen) atoms. The van der Waals surface area contributed by atoms with E-state index in [1.807, 2.05) is 24.3 Å². The summed E-state index contributed by atoms with van der Waals surface area (Å²) >= 11 is 1.57. The van der Waals surface area contributed by atoms with Crippen LogP contribution in [0.5, 0.6) is 0 Å². The number of amides is 1. The number of nitrogens with zero attached hydrogens (tertiary/aromatic N) is 2. The van der Waals surface area contributed by atoms with Crippen molar-refractivity contribution in [3.8, 4) is 0 Å². The summed E-state index contributed by atoms with van der Waals surface area (Å²) in [5.74, 6) is -0.0656. The predicted octanol–water partition coefficient (Wildman–Crippen LogP) is 4.91. The summed E-state index contributed by atoms with van der Waals surface area (Å²) in [7, 11) is 1.65. The molecule has 3 rings (SSSR count). The maximum Gasteiger partial charge on any atom is 0.416 e. The number of fused-ring (bicyclic) bond motifs is 1. The zero-order chi connectivity index (χ0) is 18.7. The second-order valence-electron chi connectivity index (χ2n) is 6.02. The van der Waals surface area contributed by atoms with E-state index in [2.05, 4.69) is 4.98 Å². The van der Waals surface area contributed by atoms with E-state index in [0.29, 0.717) is 18.4 Å². The van der Waals surface area contributed by atoms with Crippen molar-refractivity contribution in [2.45, 2.75) is 25.6 Å². The van der Waals surface area contributed by atoms with Gasteiger partial charge in [0.2, 0.25) is 5.91 Å². The molecule has 2 aromatic carbocycles. The Labute approximate surface area is 153 Å². The number of aromatic nitrogens is 1. The lowest BCUT2D eigenvalue weighted by atomic mass is 10.1. The molecule has 1 heterocycles. The molecule has 0 N–H and O–H groups in total. The number of aryl methyl sites for hydroxylation is 1. The number of halogens is 3.